The van der Waals surface area contributed by atoms with E-state index in [-0.39, 0.29) is 0 Å². The molecule has 0 N–H and O–H groups in total. The fraction of sp³-hybridized carbons (Fsp3) is 0.417. The van der Waals surface area contributed by atoms with Crippen LogP contribution in [0.1, 0.15) is 12.8 Å². The molecule has 0 aliphatic carbocycles. The van der Waals surface area contributed by atoms with Gasteiger partial charge in [0.25, 0.3) is 0 Å². The minimum Gasteiger partial charge on any atom is -0.377 e. The van der Waals surface area contributed by atoms with Crippen molar-refractivity contribution >= 4 is 6.21 Å². The van der Waals surface area contributed by atoms with E-state index in [4.69, 9.17) is 0 Å². The SMILES string of the molecule is C=C(/C=C\C=NC)/C=C/N1CCCC1. The predicted molar refractivity (Wildman–Crippen MR) is 62.6 cm³/mol. The molecule has 0 spiro atoms. The number of nitrogens with zero attached hydrogens (tertiary/aromatic N) is 2. The van der Waals surface area contributed by atoms with Crippen molar-refractivity contribution < 1.29 is 0 Å². The van der Waals surface area contributed by atoms with Gasteiger partial charge in [0, 0.05) is 26.4 Å². The molecule has 1 heterocycles. The molecule has 1 aliphatic heterocycles. The number of hydrogen-bond donors (Lipinski definition) is 0. The summed E-state index contributed by atoms with van der Waals surface area (Å²) in [6.07, 6.45) is 12.4. The van der Waals surface area contributed by atoms with Crippen molar-refractivity contribution in [3.63, 3.8) is 0 Å². The van der Waals surface area contributed by atoms with Gasteiger partial charge in [0.05, 0.1) is 0 Å². The van der Waals surface area contributed by atoms with Crippen LogP contribution in [0, 0.1) is 0 Å². The molecule has 0 amide bonds. The summed E-state index contributed by atoms with van der Waals surface area (Å²) in [7, 11) is 1.76. The zero-order valence-electron chi connectivity index (χ0n) is 8.82. The average molecular weight is 190 g/mol. The lowest BCUT2D eigenvalue weighted by atomic mass is 10.3. The zero-order chi connectivity index (χ0) is 10.2. The van der Waals surface area contributed by atoms with Gasteiger partial charge in [-0.25, -0.2) is 0 Å². The highest BCUT2D eigenvalue weighted by Gasteiger charge is 2.05. The van der Waals surface area contributed by atoms with E-state index in [0.29, 0.717) is 0 Å². The third kappa shape index (κ3) is 4.08. The highest BCUT2D eigenvalue weighted by Crippen LogP contribution is 2.08. The molecule has 1 rings (SSSR count). The van der Waals surface area contributed by atoms with E-state index in [1.54, 1.807) is 13.3 Å². The second-order valence-electron chi connectivity index (χ2n) is 3.40. The van der Waals surface area contributed by atoms with Gasteiger partial charge in [-0.1, -0.05) is 12.7 Å². The van der Waals surface area contributed by atoms with Crippen molar-refractivity contribution in [3.05, 3.63) is 36.6 Å². The van der Waals surface area contributed by atoms with Crippen molar-refractivity contribution in [1.29, 1.82) is 0 Å². The number of rotatable bonds is 4. The van der Waals surface area contributed by atoms with Crippen LogP contribution in [0.5, 0.6) is 0 Å². The molecule has 0 saturated carbocycles. The largest absolute Gasteiger partial charge is 0.377 e. The summed E-state index contributed by atoms with van der Waals surface area (Å²) < 4.78 is 0. The van der Waals surface area contributed by atoms with Crippen LogP contribution >= 0.6 is 0 Å². The van der Waals surface area contributed by atoms with E-state index < -0.39 is 0 Å². The Kier molecular flexibility index (Phi) is 4.76. The first-order chi connectivity index (χ1) is 6.83. The van der Waals surface area contributed by atoms with Crippen molar-refractivity contribution in [2.24, 2.45) is 4.99 Å². The Bertz CT molecular complexity index is 255. The molecule has 1 saturated heterocycles. The summed E-state index contributed by atoms with van der Waals surface area (Å²) in [4.78, 5) is 6.18. The van der Waals surface area contributed by atoms with E-state index in [9.17, 15) is 0 Å². The van der Waals surface area contributed by atoms with E-state index in [0.717, 1.165) is 5.57 Å². The van der Waals surface area contributed by atoms with Crippen molar-refractivity contribution in [3.8, 4) is 0 Å². The van der Waals surface area contributed by atoms with Gasteiger partial charge in [0.2, 0.25) is 0 Å². The molecule has 0 aromatic carbocycles. The third-order valence-corrected chi connectivity index (χ3v) is 2.19. The molecular formula is C12H18N2. The second kappa shape index (κ2) is 6.19. The van der Waals surface area contributed by atoms with Crippen molar-refractivity contribution in [2.45, 2.75) is 12.8 Å². The number of aliphatic imine (C=N–C) groups is 1. The van der Waals surface area contributed by atoms with Crippen LogP contribution in [0.4, 0.5) is 0 Å². The van der Waals surface area contributed by atoms with E-state index in [1.807, 2.05) is 18.2 Å². The summed E-state index contributed by atoms with van der Waals surface area (Å²) in [5, 5.41) is 0. The van der Waals surface area contributed by atoms with Crippen LogP contribution in [-0.4, -0.2) is 31.3 Å². The number of allylic oxidation sites excluding steroid dienone is 4. The molecular weight excluding hydrogens is 172 g/mol. The van der Waals surface area contributed by atoms with Crippen molar-refractivity contribution in [2.75, 3.05) is 20.1 Å². The maximum atomic E-state index is 3.93. The Balaban J connectivity index is 2.31. The van der Waals surface area contributed by atoms with E-state index in [2.05, 4.69) is 22.7 Å². The highest BCUT2D eigenvalue weighted by atomic mass is 15.1. The van der Waals surface area contributed by atoms with Crippen molar-refractivity contribution in [1.82, 2.24) is 4.90 Å². The molecule has 1 aliphatic rings. The molecule has 76 valence electrons. The number of likely N-dealkylation sites (tertiary alicyclic amines) is 1. The van der Waals surface area contributed by atoms with Crippen LogP contribution in [0.3, 0.4) is 0 Å². The van der Waals surface area contributed by atoms with Gasteiger partial charge >= 0.3 is 0 Å². The van der Waals surface area contributed by atoms with E-state index >= 15 is 0 Å². The molecule has 0 aromatic heterocycles. The Morgan fingerprint density at radius 3 is 2.64 bits per heavy atom. The molecule has 2 nitrogen and oxygen atoms in total. The average Bonchev–Trinajstić information content (AvgIpc) is 2.68. The Morgan fingerprint density at radius 2 is 2.00 bits per heavy atom. The Morgan fingerprint density at radius 1 is 1.29 bits per heavy atom. The summed E-state index contributed by atoms with van der Waals surface area (Å²) in [5.74, 6) is 0. The maximum Gasteiger partial charge on any atom is 0.0277 e. The smallest absolute Gasteiger partial charge is 0.0277 e. The second-order valence-corrected chi connectivity index (χ2v) is 3.40. The lowest BCUT2D eigenvalue weighted by Crippen LogP contribution is -2.10. The predicted octanol–water partition coefficient (Wildman–Crippen LogP) is 2.41. The summed E-state index contributed by atoms with van der Waals surface area (Å²) in [6.45, 7) is 6.29. The van der Waals surface area contributed by atoms with Gasteiger partial charge in [0.1, 0.15) is 0 Å². The maximum absolute atomic E-state index is 3.93. The fourth-order valence-corrected chi connectivity index (χ4v) is 1.40. The Labute approximate surface area is 86.3 Å². The molecule has 2 heteroatoms. The van der Waals surface area contributed by atoms with Gasteiger partial charge in [-0.05, 0) is 36.8 Å². The van der Waals surface area contributed by atoms with Gasteiger partial charge < -0.3 is 4.90 Å². The summed E-state index contributed by atoms with van der Waals surface area (Å²) in [6, 6.07) is 0. The van der Waals surface area contributed by atoms with Gasteiger partial charge in [-0.2, -0.15) is 0 Å². The van der Waals surface area contributed by atoms with Crippen LogP contribution in [-0.2, 0) is 0 Å². The first kappa shape index (κ1) is 10.8. The first-order valence-corrected chi connectivity index (χ1v) is 5.03. The quantitative estimate of drug-likeness (QED) is 0.491. The monoisotopic (exact) mass is 190 g/mol. The van der Waals surface area contributed by atoms with Gasteiger partial charge in [-0.3, -0.25) is 4.99 Å². The molecule has 0 radical (unpaired) electrons. The van der Waals surface area contributed by atoms with Gasteiger partial charge in [-0.15, -0.1) is 0 Å². The Hall–Kier alpha value is -1.31. The normalized spacial score (nSPS) is 17.9. The highest BCUT2D eigenvalue weighted by molar-refractivity contribution is 5.71. The zero-order valence-corrected chi connectivity index (χ0v) is 8.82. The van der Waals surface area contributed by atoms with Crippen LogP contribution in [0.25, 0.3) is 0 Å². The summed E-state index contributed by atoms with van der Waals surface area (Å²) >= 11 is 0. The van der Waals surface area contributed by atoms with E-state index in [1.165, 1.54) is 25.9 Å². The lowest BCUT2D eigenvalue weighted by Gasteiger charge is -2.09. The van der Waals surface area contributed by atoms with Gasteiger partial charge in [0.15, 0.2) is 0 Å². The topological polar surface area (TPSA) is 15.6 Å². The first-order valence-electron chi connectivity index (χ1n) is 5.03. The molecule has 0 aromatic rings. The van der Waals surface area contributed by atoms with Crippen LogP contribution < -0.4 is 0 Å². The molecule has 0 atom stereocenters. The fourth-order valence-electron chi connectivity index (χ4n) is 1.40. The lowest BCUT2D eigenvalue weighted by molar-refractivity contribution is 0.468. The molecule has 14 heavy (non-hydrogen) atoms. The molecule has 0 bridgehead atoms. The molecule has 0 unspecified atom stereocenters. The van der Waals surface area contributed by atoms with Crippen LogP contribution in [0.2, 0.25) is 0 Å². The van der Waals surface area contributed by atoms with Crippen LogP contribution in [0.15, 0.2) is 41.6 Å². The molecule has 1 fully saturated rings. The summed E-state index contributed by atoms with van der Waals surface area (Å²) in [5.41, 5.74) is 1.01. The third-order valence-electron chi connectivity index (χ3n) is 2.19. The minimum atomic E-state index is 1.01. The standard InChI is InChI=1S/C12H18N2/c1-12(6-5-8-13-2)7-11-14-9-3-4-10-14/h5-8,11H,1,3-4,9-10H2,2H3/b6-5-,11-7+,13-8?. The number of hydrogen-bond acceptors (Lipinski definition) is 2. The minimum absolute atomic E-state index is 1.01.